The number of carbonyl (C=O) groups is 1. The van der Waals surface area contributed by atoms with E-state index in [1.807, 2.05) is 0 Å². The maximum absolute atomic E-state index is 12.0. The zero-order valence-electron chi connectivity index (χ0n) is 9.87. The number of benzene rings is 1. The molecule has 0 saturated heterocycles. The number of sulfonamides is 1. The largest absolute Gasteiger partial charge is 0.468 e. The van der Waals surface area contributed by atoms with Crippen LogP contribution in [0.1, 0.15) is 16.1 Å². The Balaban J connectivity index is 2.19. The van der Waals surface area contributed by atoms with Crippen LogP contribution in [0.3, 0.4) is 0 Å². The summed E-state index contributed by atoms with van der Waals surface area (Å²) in [5.74, 6) is -0.183. The zero-order chi connectivity index (χ0) is 13.9. The highest BCUT2D eigenvalue weighted by molar-refractivity contribution is 7.89. The van der Waals surface area contributed by atoms with Crippen LogP contribution in [0.5, 0.6) is 0 Å². The van der Waals surface area contributed by atoms with Gasteiger partial charge in [-0.2, -0.15) is 0 Å². The highest BCUT2D eigenvalue weighted by Gasteiger charge is 2.15. The predicted molar refractivity (Wildman–Crippen MR) is 67.7 cm³/mol. The molecule has 1 aromatic heterocycles. The molecule has 0 aliphatic carbocycles. The first-order valence-corrected chi connectivity index (χ1v) is 6.89. The van der Waals surface area contributed by atoms with Gasteiger partial charge in [0.15, 0.2) is 0 Å². The third-order valence-corrected chi connectivity index (χ3v) is 3.84. The SMILES string of the molecule is NC(=O)c1cccc(S(=O)(=O)NCc2ccco2)c1. The van der Waals surface area contributed by atoms with E-state index >= 15 is 0 Å². The molecule has 6 nitrogen and oxygen atoms in total. The maximum Gasteiger partial charge on any atom is 0.248 e. The monoisotopic (exact) mass is 280 g/mol. The fourth-order valence-corrected chi connectivity index (χ4v) is 2.52. The number of hydrogen-bond acceptors (Lipinski definition) is 4. The molecule has 0 radical (unpaired) electrons. The number of primary amides is 1. The number of rotatable bonds is 5. The molecule has 0 saturated carbocycles. The molecule has 3 N–H and O–H groups in total. The van der Waals surface area contributed by atoms with Gasteiger partial charge in [-0.15, -0.1) is 0 Å². The number of carbonyl (C=O) groups excluding carboxylic acids is 1. The summed E-state index contributed by atoms with van der Waals surface area (Å²) in [5, 5.41) is 0. The minimum atomic E-state index is -3.71. The van der Waals surface area contributed by atoms with Gasteiger partial charge in [0.2, 0.25) is 15.9 Å². The van der Waals surface area contributed by atoms with Gasteiger partial charge in [-0.3, -0.25) is 4.79 Å². The van der Waals surface area contributed by atoms with Gasteiger partial charge in [0.1, 0.15) is 5.76 Å². The summed E-state index contributed by atoms with van der Waals surface area (Å²) in [7, 11) is -3.71. The third-order valence-electron chi connectivity index (χ3n) is 2.45. The first kappa shape index (κ1) is 13.3. The van der Waals surface area contributed by atoms with Crippen molar-refractivity contribution in [2.24, 2.45) is 5.73 Å². The van der Waals surface area contributed by atoms with E-state index < -0.39 is 15.9 Å². The lowest BCUT2D eigenvalue weighted by atomic mass is 10.2. The molecule has 1 aromatic carbocycles. The standard InChI is InChI=1S/C12H12N2O4S/c13-12(15)9-3-1-5-11(7-9)19(16,17)14-8-10-4-2-6-18-10/h1-7,14H,8H2,(H2,13,15). The van der Waals surface area contributed by atoms with Crippen LogP contribution in [0.4, 0.5) is 0 Å². The summed E-state index contributed by atoms with van der Waals surface area (Å²) in [6, 6.07) is 8.85. The van der Waals surface area contributed by atoms with Crippen molar-refractivity contribution in [3.05, 3.63) is 54.0 Å². The Labute approximate surface area is 110 Å². The van der Waals surface area contributed by atoms with Crippen LogP contribution in [0.2, 0.25) is 0 Å². The normalized spacial score (nSPS) is 11.4. The summed E-state index contributed by atoms with van der Waals surface area (Å²) in [5.41, 5.74) is 5.25. The second-order valence-electron chi connectivity index (χ2n) is 3.80. The predicted octanol–water partition coefficient (Wildman–Crippen LogP) is 0.857. The van der Waals surface area contributed by atoms with E-state index in [0.717, 1.165) is 0 Å². The number of hydrogen-bond donors (Lipinski definition) is 2. The van der Waals surface area contributed by atoms with E-state index in [2.05, 4.69) is 4.72 Å². The van der Waals surface area contributed by atoms with Crippen molar-refractivity contribution in [2.75, 3.05) is 0 Å². The number of furan rings is 1. The average Bonchev–Trinajstić information content (AvgIpc) is 2.90. The van der Waals surface area contributed by atoms with Gasteiger partial charge in [-0.25, -0.2) is 13.1 Å². The first-order chi connectivity index (χ1) is 8.99. The van der Waals surface area contributed by atoms with Crippen molar-refractivity contribution < 1.29 is 17.6 Å². The molecular formula is C12H12N2O4S. The Hall–Kier alpha value is -2.12. The summed E-state index contributed by atoms with van der Waals surface area (Å²) >= 11 is 0. The van der Waals surface area contributed by atoms with Crippen molar-refractivity contribution in [3.63, 3.8) is 0 Å². The molecule has 1 amide bonds. The highest BCUT2D eigenvalue weighted by atomic mass is 32.2. The van der Waals surface area contributed by atoms with Crippen molar-refractivity contribution in [3.8, 4) is 0 Å². The van der Waals surface area contributed by atoms with Gasteiger partial charge < -0.3 is 10.2 Å². The van der Waals surface area contributed by atoms with Crippen LogP contribution in [0.25, 0.3) is 0 Å². The molecule has 0 bridgehead atoms. The van der Waals surface area contributed by atoms with Gasteiger partial charge in [0.05, 0.1) is 17.7 Å². The van der Waals surface area contributed by atoms with E-state index in [9.17, 15) is 13.2 Å². The fourth-order valence-electron chi connectivity index (χ4n) is 1.48. The lowest BCUT2D eigenvalue weighted by Crippen LogP contribution is -2.23. The Kier molecular flexibility index (Phi) is 3.68. The minimum absolute atomic E-state index is 0.0182. The molecule has 0 atom stereocenters. The van der Waals surface area contributed by atoms with Gasteiger partial charge >= 0.3 is 0 Å². The van der Waals surface area contributed by atoms with Crippen LogP contribution < -0.4 is 10.5 Å². The van der Waals surface area contributed by atoms with Gasteiger partial charge in [0.25, 0.3) is 0 Å². The molecular weight excluding hydrogens is 268 g/mol. The van der Waals surface area contributed by atoms with Crippen LogP contribution in [-0.4, -0.2) is 14.3 Å². The Morgan fingerprint density at radius 1 is 1.26 bits per heavy atom. The van der Waals surface area contributed by atoms with E-state index in [1.54, 1.807) is 12.1 Å². The van der Waals surface area contributed by atoms with Crippen molar-refractivity contribution in [1.82, 2.24) is 4.72 Å². The van der Waals surface area contributed by atoms with Crippen molar-refractivity contribution in [2.45, 2.75) is 11.4 Å². The van der Waals surface area contributed by atoms with E-state index in [4.69, 9.17) is 10.2 Å². The minimum Gasteiger partial charge on any atom is -0.468 e. The molecule has 2 aromatic rings. The van der Waals surface area contributed by atoms with Crippen LogP contribution in [0, 0.1) is 0 Å². The van der Waals surface area contributed by atoms with Crippen LogP contribution >= 0.6 is 0 Å². The summed E-state index contributed by atoms with van der Waals surface area (Å²) in [6.45, 7) is 0.0378. The summed E-state index contributed by atoms with van der Waals surface area (Å²) in [6.07, 6.45) is 1.46. The third kappa shape index (κ3) is 3.21. The Morgan fingerprint density at radius 2 is 2.05 bits per heavy atom. The zero-order valence-corrected chi connectivity index (χ0v) is 10.7. The molecule has 0 aliphatic heterocycles. The molecule has 2 rings (SSSR count). The lowest BCUT2D eigenvalue weighted by molar-refractivity contribution is 0.1000. The molecule has 0 fully saturated rings. The van der Waals surface area contributed by atoms with E-state index in [-0.39, 0.29) is 17.0 Å². The van der Waals surface area contributed by atoms with Crippen molar-refractivity contribution in [1.29, 1.82) is 0 Å². The topological polar surface area (TPSA) is 102 Å². The molecule has 0 unspecified atom stereocenters. The van der Waals surface area contributed by atoms with Gasteiger partial charge in [0, 0.05) is 5.56 Å². The summed E-state index contributed by atoms with van der Waals surface area (Å²) < 4.78 is 31.4. The molecule has 0 aliphatic rings. The Morgan fingerprint density at radius 3 is 2.68 bits per heavy atom. The summed E-state index contributed by atoms with van der Waals surface area (Å²) in [4.78, 5) is 11.0. The van der Waals surface area contributed by atoms with E-state index in [1.165, 1.54) is 30.5 Å². The smallest absolute Gasteiger partial charge is 0.248 e. The van der Waals surface area contributed by atoms with Crippen molar-refractivity contribution >= 4 is 15.9 Å². The van der Waals surface area contributed by atoms with Gasteiger partial charge in [-0.05, 0) is 30.3 Å². The quantitative estimate of drug-likeness (QED) is 0.847. The highest BCUT2D eigenvalue weighted by Crippen LogP contribution is 2.12. The Bertz CT molecular complexity index is 678. The fraction of sp³-hybridized carbons (Fsp3) is 0.0833. The molecule has 7 heteroatoms. The molecule has 100 valence electrons. The second kappa shape index (κ2) is 5.25. The molecule has 19 heavy (non-hydrogen) atoms. The van der Waals surface area contributed by atoms with E-state index in [0.29, 0.717) is 5.76 Å². The maximum atomic E-state index is 12.0. The lowest BCUT2D eigenvalue weighted by Gasteiger charge is -2.06. The number of amides is 1. The van der Waals surface area contributed by atoms with Crippen LogP contribution in [-0.2, 0) is 16.6 Å². The number of nitrogens with one attached hydrogen (secondary N) is 1. The van der Waals surface area contributed by atoms with Crippen LogP contribution in [0.15, 0.2) is 52.0 Å². The van der Waals surface area contributed by atoms with Gasteiger partial charge in [-0.1, -0.05) is 6.07 Å². The molecule has 1 heterocycles. The number of nitrogens with two attached hydrogens (primary N) is 1. The second-order valence-corrected chi connectivity index (χ2v) is 5.56. The molecule has 0 spiro atoms. The average molecular weight is 280 g/mol. The first-order valence-electron chi connectivity index (χ1n) is 5.41.